The van der Waals surface area contributed by atoms with Crippen LogP contribution in [0.3, 0.4) is 0 Å². The molecule has 0 aliphatic carbocycles. The highest BCUT2D eigenvalue weighted by molar-refractivity contribution is 6.05. The van der Waals surface area contributed by atoms with Crippen LogP contribution < -0.4 is 0 Å². The van der Waals surface area contributed by atoms with E-state index in [1.165, 1.54) is 38.1 Å². The van der Waals surface area contributed by atoms with Gasteiger partial charge in [-0.15, -0.1) is 0 Å². The molecular formula is C25H23F4N3O3. The largest absolute Gasteiger partial charge is 0.507 e. The van der Waals surface area contributed by atoms with Gasteiger partial charge in [-0.3, -0.25) is 9.59 Å². The number of amides is 2. The molecule has 0 saturated carbocycles. The lowest BCUT2D eigenvalue weighted by Crippen LogP contribution is -2.33. The Morgan fingerprint density at radius 3 is 2.40 bits per heavy atom. The molecule has 2 heterocycles. The second-order valence-electron chi connectivity index (χ2n) is 8.65. The van der Waals surface area contributed by atoms with E-state index in [-0.39, 0.29) is 45.7 Å². The van der Waals surface area contributed by atoms with Crippen molar-refractivity contribution in [1.29, 1.82) is 0 Å². The summed E-state index contributed by atoms with van der Waals surface area (Å²) < 4.78 is 55.2. The van der Waals surface area contributed by atoms with E-state index in [4.69, 9.17) is 0 Å². The minimum Gasteiger partial charge on any atom is -0.507 e. The van der Waals surface area contributed by atoms with Crippen molar-refractivity contribution in [3.05, 3.63) is 59.0 Å². The lowest BCUT2D eigenvalue weighted by Gasteiger charge is -2.27. The second kappa shape index (κ2) is 8.75. The number of aromatic hydroxyl groups is 1. The Labute approximate surface area is 198 Å². The molecule has 0 spiro atoms. The van der Waals surface area contributed by atoms with E-state index in [1.807, 2.05) is 0 Å². The van der Waals surface area contributed by atoms with Crippen molar-refractivity contribution in [3.63, 3.8) is 0 Å². The molecule has 0 unspecified atom stereocenters. The number of rotatable bonds is 3. The summed E-state index contributed by atoms with van der Waals surface area (Å²) in [5.41, 5.74) is -0.0250. The molecule has 3 aromatic rings. The molecule has 2 N–H and O–H groups in total. The highest BCUT2D eigenvalue weighted by Crippen LogP contribution is 2.42. The average molecular weight is 489 g/mol. The first-order valence-corrected chi connectivity index (χ1v) is 10.8. The fourth-order valence-corrected chi connectivity index (χ4v) is 4.22. The smallest absolute Gasteiger partial charge is 0.416 e. The first-order chi connectivity index (χ1) is 16.4. The number of nitrogens with zero attached hydrogens (tertiary/aromatic N) is 2. The van der Waals surface area contributed by atoms with Crippen LogP contribution in [-0.4, -0.2) is 58.9 Å². The fourth-order valence-electron chi connectivity index (χ4n) is 4.22. The lowest BCUT2D eigenvalue weighted by molar-refractivity contribution is -0.137. The van der Waals surface area contributed by atoms with Gasteiger partial charge in [-0.1, -0.05) is 12.1 Å². The summed E-state index contributed by atoms with van der Waals surface area (Å²) in [5, 5.41) is 10.7. The Morgan fingerprint density at radius 1 is 1.09 bits per heavy atom. The van der Waals surface area contributed by atoms with E-state index in [9.17, 15) is 27.9 Å². The van der Waals surface area contributed by atoms with Gasteiger partial charge in [0.2, 0.25) is 5.91 Å². The number of benzene rings is 2. The maximum atomic E-state index is 15.8. The van der Waals surface area contributed by atoms with E-state index < -0.39 is 29.2 Å². The van der Waals surface area contributed by atoms with Crippen LogP contribution in [0.4, 0.5) is 17.6 Å². The summed E-state index contributed by atoms with van der Waals surface area (Å²) in [4.78, 5) is 30.1. The molecule has 0 atom stereocenters. The van der Waals surface area contributed by atoms with Gasteiger partial charge in [0.1, 0.15) is 11.4 Å². The number of hydrogen-bond acceptors (Lipinski definition) is 3. The third-order valence-corrected chi connectivity index (χ3v) is 6.05. The highest BCUT2D eigenvalue weighted by Gasteiger charge is 2.32. The Bertz CT molecular complexity index is 1370. The molecule has 4 rings (SSSR count). The summed E-state index contributed by atoms with van der Waals surface area (Å²) in [6, 6.07) is 5.41. The quantitative estimate of drug-likeness (QED) is 0.507. The lowest BCUT2D eigenvalue weighted by atomic mass is 9.92. The van der Waals surface area contributed by atoms with Gasteiger partial charge in [-0.25, -0.2) is 4.39 Å². The third kappa shape index (κ3) is 4.48. The normalized spacial score (nSPS) is 14.3. The summed E-state index contributed by atoms with van der Waals surface area (Å²) in [6.07, 6.45) is -2.35. The maximum Gasteiger partial charge on any atom is 0.416 e. The van der Waals surface area contributed by atoms with E-state index in [0.717, 1.165) is 12.1 Å². The van der Waals surface area contributed by atoms with Gasteiger partial charge in [-0.2, -0.15) is 13.2 Å². The van der Waals surface area contributed by atoms with Crippen LogP contribution in [0, 0.1) is 5.82 Å². The molecule has 0 saturated heterocycles. The van der Waals surface area contributed by atoms with E-state index in [0.29, 0.717) is 24.6 Å². The van der Waals surface area contributed by atoms with Crippen molar-refractivity contribution in [2.24, 2.45) is 0 Å². The molecule has 0 fully saturated rings. The second-order valence-corrected chi connectivity index (χ2v) is 8.65. The van der Waals surface area contributed by atoms with Crippen LogP contribution in [0.15, 0.2) is 36.4 Å². The van der Waals surface area contributed by atoms with Gasteiger partial charge in [0, 0.05) is 50.6 Å². The number of carbonyl (C=O) groups is 2. The van der Waals surface area contributed by atoms with Crippen molar-refractivity contribution >= 4 is 28.3 Å². The van der Waals surface area contributed by atoms with Crippen molar-refractivity contribution in [3.8, 4) is 16.9 Å². The summed E-state index contributed by atoms with van der Waals surface area (Å²) in [5.74, 6) is -1.89. The van der Waals surface area contributed by atoms with Gasteiger partial charge in [-0.05, 0) is 41.8 Å². The van der Waals surface area contributed by atoms with E-state index >= 15 is 4.39 Å². The van der Waals surface area contributed by atoms with Gasteiger partial charge < -0.3 is 19.9 Å². The number of aromatic nitrogens is 1. The first kappa shape index (κ1) is 24.3. The Morgan fingerprint density at radius 2 is 1.80 bits per heavy atom. The Hall–Kier alpha value is -3.82. The van der Waals surface area contributed by atoms with Gasteiger partial charge in [0.05, 0.1) is 11.1 Å². The van der Waals surface area contributed by atoms with Crippen LogP contribution in [0.25, 0.3) is 27.6 Å². The molecule has 1 aliphatic rings. The molecule has 184 valence electrons. The third-order valence-electron chi connectivity index (χ3n) is 6.05. The summed E-state index contributed by atoms with van der Waals surface area (Å²) in [6.45, 7) is 2.05. The fraction of sp³-hybridized carbons (Fsp3) is 0.280. The standard InChI is InChI=1S/C25H23F4N3O3/c1-13(33)32-8-4-5-14(12-32)17-10-18(16-7-6-15(9-21(16)34)25(27,28)29)19-11-20(24(35)31(2)3)30-23(19)22(17)26/h5-7,9-11,30,34H,4,8,12H2,1-3H3. The zero-order chi connectivity index (χ0) is 25.7. The Balaban J connectivity index is 1.97. The van der Waals surface area contributed by atoms with Crippen LogP contribution >= 0.6 is 0 Å². The number of nitrogens with one attached hydrogen (secondary N) is 1. The summed E-state index contributed by atoms with van der Waals surface area (Å²) >= 11 is 0. The Kier molecular flexibility index (Phi) is 6.08. The number of H-pyrrole nitrogens is 1. The molecule has 1 aliphatic heterocycles. The number of aromatic amines is 1. The van der Waals surface area contributed by atoms with E-state index in [2.05, 4.69) is 4.98 Å². The van der Waals surface area contributed by atoms with Crippen molar-refractivity contribution in [2.75, 3.05) is 27.2 Å². The molecule has 10 heteroatoms. The van der Waals surface area contributed by atoms with E-state index in [1.54, 1.807) is 11.0 Å². The number of halogens is 4. The highest BCUT2D eigenvalue weighted by atomic mass is 19.4. The van der Waals surface area contributed by atoms with Crippen LogP contribution in [0.5, 0.6) is 5.75 Å². The molecule has 35 heavy (non-hydrogen) atoms. The number of phenolic OH excluding ortho intramolecular Hbond substituents is 1. The summed E-state index contributed by atoms with van der Waals surface area (Å²) in [7, 11) is 3.06. The van der Waals surface area contributed by atoms with Gasteiger partial charge in [0.15, 0.2) is 5.82 Å². The number of carbonyl (C=O) groups excluding carboxylic acids is 2. The molecule has 0 bridgehead atoms. The minimum absolute atomic E-state index is 0.0251. The van der Waals surface area contributed by atoms with Gasteiger partial charge in [0.25, 0.3) is 5.91 Å². The molecule has 2 aromatic carbocycles. The minimum atomic E-state index is -4.65. The number of phenols is 1. The molecule has 0 radical (unpaired) electrons. The molecule has 1 aromatic heterocycles. The first-order valence-electron chi connectivity index (χ1n) is 10.8. The molecule has 2 amide bonds. The predicted octanol–water partition coefficient (Wildman–Crippen LogP) is 5.04. The predicted molar refractivity (Wildman–Crippen MR) is 123 cm³/mol. The van der Waals surface area contributed by atoms with Crippen molar-refractivity contribution in [1.82, 2.24) is 14.8 Å². The van der Waals surface area contributed by atoms with Crippen LogP contribution in [0.1, 0.15) is 35.0 Å². The number of alkyl halides is 3. The van der Waals surface area contributed by atoms with Gasteiger partial charge >= 0.3 is 6.18 Å². The van der Waals surface area contributed by atoms with Crippen molar-refractivity contribution in [2.45, 2.75) is 19.5 Å². The van der Waals surface area contributed by atoms with Crippen LogP contribution in [0.2, 0.25) is 0 Å². The molecular weight excluding hydrogens is 466 g/mol. The number of fused-ring (bicyclic) bond motifs is 1. The zero-order valence-electron chi connectivity index (χ0n) is 19.3. The average Bonchev–Trinajstić information content (AvgIpc) is 3.24. The maximum absolute atomic E-state index is 15.8. The van der Waals surface area contributed by atoms with Crippen molar-refractivity contribution < 1.29 is 32.3 Å². The zero-order valence-corrected chi connectivity index (χ0v) is 19.3. The monoisotopic (exact) mass is 489 g/mol. The number of hydrogen-bond donors (Lipinski definition) is 2. The topological polar surface area (TPSA) is 76.6 Å². The SMILES string of the molecule is CC(=O)N1CCC=C(c2cc(-c3ccc(C(F)(F)F)cc3O)c3cc(C(=O)N(C)C)[nH]c3c2F)C1. The molecule has 6 nitrogen and oxygen atoms in total. The van der Waals surface area contributed by atoms with Crippen LogP contribution in [-0.2, 0) is 11.0 Å².